The maximum Gasteiger partial charge on any atom is 0.322 e. The normalized spacial score (nSPS) is 10.9. The molecule has 10 heteroatoms. The van der Waals surface area contributed by atoms with E-state index >= 15 is 0 Å². The molecular weight excluding hydrogens is 412 g/mol. The zero-order valence-corrected chi connectivity index (χ0v) is 17.7. The van der Waals surface area contributed by atoms with Gasteiger partial charge in [-0.25, -0.2) is 8.42 Å². The molecule has 0 bridgehead atoms. The van der Waals surface area contributed by atoms with Crippen LogP contribution in [-0.2, 0) is 19.6 Å². The number of carboxylic acids is 1. The summed E-state index contributed by atoms with van der Waals surface area (Å²) in [5.74, 6) is -2.18. The van der Waals surface area contributed by atoms with E-state index in [1.165, 1.54) is 31.2 Å². The van der Waals surface area contributed by atoms with Gasteiger partial charge in [0.2, 0.25) is 0 Å². The van der Waals surface area contributed by atoms with Crippen molar-refractivity contribution >= 4 is 33.6 Å². The second-order valence-electron chi connectivity index (χ2n) is 6.59. The number of benzene rings is 2. The molecule has 0 aliphatic heterocycles. The van der Waals surface area contributed by atoms with Crippen LogP contribution in [0.3, 0.4) is 0 Å². The van der Waals surface area contributed by atoms with Crippen LogP contribution in [0.25, 0.3) is 0 Å². The van der Waals surface area contributed by atoms with Crippen molar-refractivity contribution < 1.29 is 32.6 Å². The second kappa shape index (κ2) is 8.95. The molecule has 0 atom stereocenters. The molecule has 0 spiro atoms. The molecule has 2 aromatic rings. The van der Waals surface area contributed by atoms with Gasteiger partial charge in [-0.2, -0.15) is 0 Å². The first-order valence-electron chi connectivity index (χ1n) is 8.85. The van der Waals surface area contributed by atoms with E-state index in [2.05, 4.69) is 10.0 Å². The molecule has 2 rings (SSSR count). The van der Waals surface area contributed by atoms with Gasteiger partial charge in [0.25, 0.3) is 15.9 Å². The number of carbonyl (C=O) groups is 3. The van der Waals surface area contributed by atoms with E-state index in [1.807, 2.05) is 0 Å². The number of aliphatic carboxylic acids is 1. The number of carboxylic acid groups (broad SMARTS) is 1. The number of nitrogens with one attached hydrogen (secondary N) is 2. The van der Waals surface area contributed by atoms with Crippen molar-refractivity contribution in [2.75, 3.05) is 11.3 Å². The van der Waals surface area contributed by atoms with Crippen LogP contribution in [0.4, 0.5) is 5.69 Å². The highest BCUT2D eigenvalue weighted by Crippen LogP contribution is 2.32. The summed E-state index contributed by atoms with van der Waals surface area (Å²) in [6.07, 6.45) is 0. The Balaban J connectivity index is 2.45. The zero-order valence-electron chi connectivity index (χ0n) is 16.9. The minimum absolute atomic E-state index is 0.000780. The summed E-state index contributed by atoms with van der Waals surface area (Å²) in [6.45, 7) is 5.51. The summed E-state index contributed by atoms with van der Waals surface area (Å²) < 4.78 is 33.7. The molecule has 0 aliphatic rings. The Morgan fingerprint density at radius 1 is 1.07 bits per heavy atom. The van der Waals surface area contributed by atoms with Crippen molar-refractivity contribution in [3.8, 4) is 5.75 Å². The van der Waals surface area contributed by atoms with Crippen molar-refractivity contribution in [2.45, 2.75) is 32.6 Å². The number of esters is 1. The summed E-state index contributed by atoms with van der Waals surface area (Å²) >= 11 is 0. The smallest absolute Gasteiger partial charge is 0.322 e. The molecule has 0 heterocycles. The number of anilines is 1. The van der Waals surface area contributed by atoms with Gasteiger partial charge in [0.15, 0.2) is 0 Å². The highest BCUT2D eigenvalue weighted by atomic mass is 32.2. The number of aryl methyl sites for hydroxylation is 1. The van der Waals surface area contributed by atoms with Crippen LogP contribution in [0.2, 0.25) is 0 Å². The lowest BCUT2D eigenvalue weighted by Gasteiger charge is -2.18. The molecule has 9 nitrogen and oxygen atoms in total. The van der Waals surface area contributed by atoms with Crippen LogP contribution in [0.5, 0.6) is 5.75 Å². The minimum Gasteiger partial charge on any atom is -0.480 e. The van der Waals surface area contributed by atoms with Gasteiger partial charge in [0.05, 0.1) is 16.1 Å². The quantitative estimate of drug-likeness (QED) is 0.448. The standard InChI is InChI=1S/C20H22N2O7S/c1-11-9-17(12(2)13(3)19(11)29-14(4)23)30(27,28)22-16-8-6-5-7-15(16)20(26)21-10-18(24)25/h5-9,22H,10H2,1-4H3,(H,21,26)(H,24,25). The number of amides is 1. The predicted octanol–water partition coefficient (Wildman–Crippen LogP) is 2.15. The first-order chi connectivity index (χ1) is 13.9. The van der Waals surface area contributed by atoms with Crippen LogP contribution in [0.15, 0.2) is 35.2 Å². The van der Waals surface area contributed by atoms with Gasteiger partial charge in [0.1, 0.15) is 12.3 Å². The molecule has 0 saturated carbocycles. The molecule has 0 aromatic heterocycles. The minimum atomic E-state index is -4.11. The first kappa shape index (κ1) is 22.9. The van der Waals surface area contributed by atoms with Crippen molar-refractivity contribution in [3.63, 3.8) is 0 Å². The van der Waals surface area contributed by atoms with E-state index < -0.39 is 34.4 Å². The van der Waals surface area contributed by atoms with Crippen molar-refractivity contribution in [3.05, 3.63) is 52.6 Å². The lowest BCUT2D eigenvalue weighted by Crippen LogP contribution is -2.30. The Kier molecular flexibility index (Phi) is 6.83. The highest BCUT2D eigenvalue weighted by molar-refractivity contribution is 7.92. The maximum atomic E-state index is 13.1. The zero-order chi connectivity index (χ0) is 22.6. The van der Waals surface area contributed by atoms with Gasteiger partial charge in [-0.05, 0) is 55.7 Å². The summed E-state index contributed by atoms with van der Waals surface area (Å²) in [6, 6.07) is 7.23. The number of ether oxygens (including phenoxy) is 1. The maximum absolute atomic E-state index is 13.1. The van der Waals surface area contributed by atoms with Crippen LogP contribution < -0.4 is 14.8 Å². The Morgan fingerprint density at radius 2 is 1.70 bits per heavy atom. The van der Waals surface area contributed by atoms with E-state index in [9.17, 15) is 22.8 Å². The van der Waals surface area contributed by atoms with Crippen LogP contribution in [-0.4, -0.2) is 37.9 Å². The van der Waals surface area contributed by atoms with Crippen molar-refractivity contribution in [1.29, 1.82) is 0 Å². The fourth-order valence-corrected chi connectivity index (χ4v) is 4.29. The van der Waals surface area contributed by atoms with Gasteiger partial charge in [-0.3, -0.25) is 19.1 Å². The van der Waals surface area contributed by atoms with E-state index in [0.717, 1.165) is 0 Å². The van der Waals surface area contributed by atoms with E-state index in [1.54, 1.807) is 26.8 Å². The lowest BCUT2D eigenvalue weighted by atomic mass is 10.1. The SMILES string of the molecule is CC(=O)Oc1c(C)cc(S(=O)(=O)Nc2ccccc2C(=O)NCC(=O)O)c(C)c1C. The lowest BCUT2D eigenvalue weighted by molar-refractivity contribution is -0.136. The number of para-hydroxylation sites is 1. The highest BCUT2D eigenvalue weighted by Gasteiger charge is 2.24. The number of rotatable bonds is 7. The van der Waals surface area contributed by atoms with Gasteiger partial charge in [0, 0.05) is 6.92 Å². The third-order valence-electron chi connectivity index (χ3n) is 4.33. The summed E-state index contributed by atoms with van der Waals surface area (Å²) in [5.41, 5.74) is 1.32. The molecule has 0 fully saturated rings. The third-order valence-corrected chi connectivity index (χ3v) is 5.82. The molecule has 0 saturated heterocycles. The first-order valence-corrected chi connectivity index (χ1v) is 10.3. The van der Waals surface area contributed by atoms with Crippen LogP contribution in [0.1, 0.15) is 34.0 Å². The molecule has 1 amide bonds. The molecule has 0 aliphatic carbocycles. The predicted molar refractivity (Wildman–Crippen MR) is 109 cm³/mol. The van der Waals surface area contributed by atoms with Crippen LogP contribution in [0, 0.1) is 20.8 Å². The molecule has 0 radical (unpaired) electrons. The molecule has 3 N–H and O–H groups in total. The largest absolute Gasteiger partial charge is 0.480 e. The number of carbonyl (C=O) groups excluding carboxylic acids is 2. The molecular formula is C20H22N2O7S. The Morgan fingerprint density at radius 3 is 2.30 bits per heavy atom. The summed E-state index contributed by atoms with van der Waals surface area (Å²) in [5, 5.41) is 10.9. The van der Waals surface area contributed by atoms with Crippen molar-refractivity contribution in [1.82, 2.24) is 5.32 Å². The number of hydrogen-bond acceptors (Lipinski definition) is 6. The monoisotopic (exact) mass is 434 g/mol. The van der Waals surface area contributed by atoms with Gasteiger partial charge in [-0.15, -0.1) is 0 Å². The second-order valence-corrected chi connectivity index (χ2v) is 8.24. The average Bonchev–Trinajstić information content (AvgIpc) is 2.66. The van der Waals surface area contributed by atoms with Crippen molar-refractivity contribution in [2.24, 2.45) is 0 Å². The van der Waals surface area contributed by atoms with Gasteiger partial charge in [-0.1, -0.05) is 12.1 Å². The average molecular weight is 434 g/mol. The Bertz CT molecular complexity index is 1120. The topological polar surface area (TPSA) is 139 Å². The molecule has 160 valence electrons. The van der Waals surface area contributed by atoms with E-state index in [-0.39, 0.29) is 16.1 Å². The van der Waals surface area contributed by atoms with Crippen LogP contribution >= 0.6 is 0 Å². The summed E-state index contributed by atoms with van der Waals surface area (Å²) in [7, 11) is -4.11. The Labute approximate surface area is 174 Å². The fraction of sp³-hybridized carbons (Fsp3) is 0.250. The third kappa shape index (κ3) is 5.15. The van der Waals surface area contributed by atoms with Gasteiger partial charge < -0.3 is 15.2 Å². The Hall–Kier alpha value is -3.40. The van der Waals surface area contributed by atoms with E-state index in [0.29, 0.717) is 22.4 Å². The number of sulfonamides is 1. The molecule has 0 unspecified atom stereocenters. The summed E-state index contributed by atoms with van der Waals surface area (Å²) in [4.78, 5) is 34.2. The fourth-order valence-electron chi connectivity index (χ4n) is 2.82. The molecule has 2 aromatic carbocycles. The molecule has 30 heavy (non-hydrogen) atoms. The number of hydrogen-bond donors (Lipinski definition) is 3. The van der Waals surface area contributed by atoms with E-state index in [4.69, 9.17) is 9.84 Å². The van der Waals surface area contributed by atoms with Gasteiger partial charge >= 0.3 is 11.9 Å².